The zero-order valence-electron chi connectivity index (χ0n) is 30.4. The molecule has 1 aromatic carbocycles. The molecule has 2 aromatic heterocycles. The predicted molar refractivity (Wildman–Crippen MR) is 195 cm³/mol. The Morgan fingerprint density at radius 3 is 2.33 bits per heavy atom. The Hall–Kier alpha value is -3.54. The summed E-state index contributed by atoms with van der Waals surface area (Å²) in [5.41, 5.74) is 4.03. The average Bonchev–Trinajstić information content (AvgIpc) is 3.44. The second-order valence-electron chi connectivity index (χ2n) is 14.5. The van der Waals surface area contributed by atoms with Gasteiger partial charge in [0.1, 0.15) is 5.82 Å². The van der Waals surface area contributed by atoms with Crippen LogP contribution < -0.4 is 19.9 Å². The third-order valence-corrected chi connectivity index (χ3v) is 11.3. The van der Waals surface area contributed by atoms with Crippen LogP contribution in [0.25, 0.3) is 11.1 Å². The van der Waals surface area contributed by atoms with Crippen LogP contribution in [0, 0.1) is 19.8 Å². The molecule has 1 aliphatic carbocycles. The molecule has 11 heteroatoms. The summed E-state index contributed by atoms with van der Waals surface area (Å²) in [4.78, 5) is 42.1. The number of benzene rings is 1. The van der Waals surface area contributed by atoms with E-state index in [4.69, 9.17) is 19.2 Å². The van der Waals surface area contributed by atoms with E-state index in [0.717, 1.165) is 71.9 Å². The highest BCUT2D eigenvalue weighted by atomic mass is 32.2. The molecule has 1 unspecified atom stereocenters. The van der Waals surface area contributed by atoms with E-state index in [1.54, 1.807) is 11.9 Å². The van der Waals surface area contributed by atoms with Gasteiger partial charge in [-0.2, -0.15) is 0 Å². The van der Waals surface area contributed by atoms with Crippen LogP contribution in [-0.2, 0) is 11.3 Å². The Morgan fingerprint density at radius 1 is 1.04 bits per heavy atom. The van der Waals surface area contributed by atoms with E-state index in [1.165, 1.54) is 11.8 Å². The standard InChI is InChI=1S/C38H51N5O5S/c1-22-16-32(49-9)31(36(44)40-22)21-42(8)37(45)29-17-30(26-10-15-33(39-18-26)43-19-23(2)46-24(3)20-43)35-34(25(29)4)47-38(5,48-35)27-11-13-28(14-12-27)41(6)7/h10,15-18,23-24,27-28H,11-14,19-21H2,1-9H3,(H,40,44)/t23-,24+,27?,28?,38?. The van der Waals surface area contributed by atoms with Gasteiger partial charge in [-0.1, -0.05) is 0 Å². The van der Waals surface area contributed by atoms with E-state index < -0.39 is 5.79 Å². The van der Waals surface area contributed by atoms with Crippen LogP contribution in [-0.4, -0.2) is 90.2 Å². The molecule has 49 heavy (non-hydrogen) atoms. The van der Waals surface area contributed by atoms with Crippen LogP contribution >= 0.6 is 11.8 Å². The predicted octanol–water partition coefficient (Wildman–Crippen LogP) is 6.27. The summed E-state index contributed by atoms with van der Waals surface area (Å²) in [6, 6.07) is 8.50. The number of nitrogens with one attached hydrogen (secondary N) is 1. The normalized spacial score (nSPS) is 25.1. The molecule has 3 atom stereocenters. The second kappa shape index (κ2) is 14.0. The molecule has 4 heterocycles. The minimum absolute atomic E-state index is 0.120. The van der Waals surface area contributed by atoms with Gasteiger partial charge in [0.2, 0.25) is 0 Å². The number of amides is 1. The van der Waals surface area contributed by atoms with Crippen LogP contribution in [0.4, 0.5) is 5.82 Å². The number of nitrogens with zero attached hydrogens (tertiary/aromatic N) is 4. The van der Waals surface area contributed by atoms with Gasteiger partial charge < -0.3 is 33.9 Å². The number of fused-ring (bicyclic) bond motifs is 1. The molecule has 3 aliphatic rings. The van der Waals surface area contributed by atoms with Crippen molar-refractivity contribution in [1.29, 1.82) is 0 Å². The minimum atomic E-state index is -0.859. The van der Waals surface area contributed by atoms with Crippen molar-refractivity contribution in [2.24, 2.45) is 5.92 Å². The van der Waals surface area contributed by atoms with Gasteiger partial charge in [0.15, 0.2) is 11.5 Å². The number of carbonyl (C=O) groups is 1. The molecule has 10 nitrogen and oxygen atoms in total. The van der Waals surface area contributed by atoms with Crippen molar-refractivity contribution in [3.05, 3.63) is 63.2 Å². The van der Waals surface area contributed by atoms with Gasteiger partial charge in [-0.05, 0) is 98.0 Å². The van der Waals surface area contributed by atoms with E-state index in [1.807, 2.05) is 57.5 Å². The van der Waals surface area contributed by atoms with Crippen LogP contribution in [0.1, 0.15) is 73.6 Å². The van der Waals surface area contributed by atoms with E-state index >= 15 is 0 Å². The monoisotopic (exact) mass is 689 g/mol. The van der Waals surface area contributed by atoms with E-state index in [9.17, 15) is 9.59 Å². The molecule has 1 N–H and O–H groups in total. The molecule has 2 fully saturated rings. The topological polar surface area (TPSA) is 100 Å². The van der Waals surface area contributed by atoms with E-state index in [2.05, 4.69) is 42.7 Å². The van der Waals surface area contributed by atoms with Crippen LogP contribution in [0.15, 0.2) is 40.2 Å². The number of aromatic amines is 1. The van der Waals surface area contributed by atoms with Crippen molar-refractivity contribution < 1.29 is 19.0 Å². The number of rotatable bonds is 8. The lowest BCUT2D eigenvalue weighted by Gasteiger charge is -2.39. The number of hydrogen-bond donors (Lipinski definition) is 1. The number of morpholine rings is 1. The molecular weight excluding hydrogens is 639 g/mol. The number of ether oxygens (including phenoxy) is 3. The van der Waals surface area contributed by atoms with Gasteiger partial charge in [0.25, 0.3) is 17.3 Å². The van der Waals surface area contributed by atoms with Gasteiger partial charge >= 0.3 is 0 Å². The lowest BCUT2D eigenvalue weighted by molar-refractivity contribution is -0.123. The maximum Gasteiger partial charge on any atom is 0.254 e. The first-order valence-electron chi connectivity index (χ1n) is 17.4. The third-order valence-electron chi connectivity index (χ3n) is 10.5. The second-order valence-corrected chi connectivity index (χ2v) is 15.3. The fourth-order valence-corrected chi connectivity index (χ4v) is 8.43. The van der Waals surface area contributed by atoms with Crippen molar-refractivity contribution in [3.8, 4) is 22.6 Å². The summed E-state index contributed by atoms with van der Waals surface area (Å²) in [7, 11) is 6.03. The average molecular weight is 690 g/mol. The van der Waals surface area contributed by atoms with E-state index in [0.29, 0.717) is 28.7 Å². The zero-order valence-corrected chi connectivity index (χ0v) is 31.2. The Labute approximate surface area is 294 Å². The highest BCUT2D eigenvalue weighted by molar-refractivity contribution is 7.98. The molecule has 0 radical (unpaired) electrons. The maximum atomic E-state index is 14.3. The van der Waals surface area contributed by atoms with Gasteiger partial charge in [-0.15, -0.1) is 11.8 Å². The number of pyridine rings is 2. The molecule has 2 aliphatic heterocycles. The quantitative estimate of drug-likeness (QED) is 0.275. The van der Waals surface area contributed by atoms with Crippen molar-refractivity contribution >= 4 is 23.5 Å². The highest BCUT2D eigenvalue weighted by Crippen LogP contribution is 2.53. The molecule has 1 saturated carbocycles. The van der Waals surface area contributed by atoms with Crippen LogP contribution in [0.5, 0.6) is 11.5 Å². The molecule has 1 amide bonds. The van der Waals surface area contributed by atoms with Gasteiger partial charge in [-0.3, -0.25) is 9.59 Å². The molecule has 6 rings (SSSR count). The number of aromatic nitrogens is 2. The largest absolute Gasteiger partial charge is 0.448 e. The van der Waals surface area contributed by atoms with Gasteiger partial charge in [0.05, 0.1) is 24.3 Å². The van der Waals surface area contributed by atoms with E-state index in [-0.39, 0.29) is 36.1 Å². The van der Waals surface area contributed by atoms with Crippen LogP contribution in [0.3, 0.4) is 0 Å². The number of anilines is 1. The summed E-state index contributed by atoms with van der Waals surface area (Å²) in [6.07, 6.45) is 8.19. The van der Waals surface area contributed by atoms with Crippen molar-refractivity contribution in [1.82, 2.24) is 19.8 Å². The Kier molecular flexibility index (Phi) is 10.1. The van der Waals surface area contributed by atoms with Crippen LogP contribution in [0.2, 0.25) is 0 Å². The van der Waals surface area contributed by atoms with Crippen molar-refractivity contribution in [2.45, 2.75) is 95.8 Å². The van der Waals surface area contributed by atoms with Crippen molar-refractivity contribution in [2.75, 3.05) is 45.4 Å². The fraction of sp³-hybridized carbons (Fsp3) is 0.553. The number of hydrogen-bond acceptors (Lipinski definition) is 9. The number of carbonyl (C=O) groups excluding carboxylic acids is 1. The molecule has 264 valence electrons. The number of aryl methyl sites for hydroxylation is 1. The van der Waals surface area contributed by atoms with Crippen molar-refractivity contribution in [3.63, 3.8) is 0 Å². The SMILES string of the molecule is CSc1cc(C)[nH]c(=O)c1CN(C)C(=O)c1cc(-c2ccc(N3C[C@@H](C)O[C@@H](C)C3)nc2)c2c(c1C)OC(C)(C1CCC(N(C)C)CC1)O2. The summed E-state index contributed by atoms with van der Waals surface area (Å²) in [6.45, 7) is 11.7. The molecular formula is C38H51N5O5S. The summed E-state index contributed by atoms with van der Waals surface area (Å²) < 4.78 is 19.6. The molecule has 1 saturated heterocycles. The first-order chi connectivity index (χ1) is 23.3. The Balaban J connectivity index is 1.36. The van der Waals surface area contributed by atoms with Gasteiger partial charge in [0, 0.05) is 78.1 Å². The number of H-pyrrole nitrogens is 1. The lowest BCUT2D eigenvalue weighted by atomic mass is 9.81. The fourth-order valence-electron chi connectivity index (χ4n) is 7.73. The summed E-state index contributed by atoms with van der Waals surface area (Å²) >= 11 is 1.50. The molecule has 0 bridgehead atoms. The zero-order chi connectivity index (χ0) is 35.2. The van der Waals surface area contributed by atoms with Gasteiger partial charge in [-0.25, -0.2) is 4.98 Å². The highest BCUT2D eigenvalue weighted by Gasteiger charge is 2.48. The number of thioether (sulfide) groups is 1. The summed E-state index contributed by atoms with van der Waals surface area (Å²) in [5, 5.41) is 0. The summed E-state index contributed by atoms with van der Waals surface area (Å²) in [5.74, 6) is 1.29. The maximum absolute atomic E-state index is 14.3. The molecule has 0 spiro atoms. The third kappa shape index (κ3) is 7.07. The Bertz CT molecular complexity index is 1740. The minimum Gasteiger partial charge on any atom is -0.448 e. The molecule has 3 aromatic rings. The smallest absolute Gasteiger partial charge is 0.254 e. The first kappa shape index (κ1) is 35.3. The Morgan fingerprint density at radius 2 is 1.71 bits per heavy atom. The lowest BCUT2D eigenvalue weighted by Crippen LogP contribution is -2.46. The first-order valence-corrected chi connectivity index (χ1v) is 18.6.